The molecule has 0 N–H and O–H groups in total. The maximum Gasteiger partial charge on any atom is 0.155 e. The third kappa shape index (κ3) is 5.35. The first-order chi connectivity index (χ1) is 12.2. The van der Waals surface area contributed by atoms with Crippen LogP contribution in [0.4, 0.5) is 0 Å². The molecule has 0 aromatic carbocycles. The van der Waals surface area contributed by atoms with Crippen LogP contribution in [-0.2, 0) is 9.47 Å². The van der Waals surface area contributed by atoms with Gasteiger partial charge in [-0.15, -0.1) is 0 Å². The van der Waals surface area contributed by atoms with Crippen LogP contribution in [0.5, 0.6) is 0 Å². The van der Waals surface area contributed by atoms with E-state index in [-0.39, 0.29) is 11.9 Å². The number of fused-ring (bicyclic) bond motifs is 1. The summed E-state index contributed by atoms with van der Waals surface area (Å²) in [7, 11) is 0. The largest absolute Gasteiger partial charge is 0.353 e. The normalized spacial score (nSPS) is 33.3. The van der Waals surface area contributed by atoms with Crippen LogP contribution in [0.2, 0.25) is 0 Å². The maximum absolute atomic E-state index is 6.08. The Bertz CT molecular complexity index is 473. The van der Waals surface area contributed by atoms with E-state index in [9.17, 15) is 0 Å². The summed E-state index contributed by atoms with van der Waals surface area (Å²) in [4.78, 5) is 2.24. The average molecular weight is 429 g/mol. The molecule has 0 aromatic rings. The molecule has 5 atom stereocenters. The fraction of sp³-hybridized carbons (Fsp3) is 0.913. The molecule has 26 heavy (non-hydrogen) atoms. The van der Waals surface area contributed by atoms with Gasteiger partial charge < -0.3 is 9.47 Å². The van der Waals surface area contributed by atoms with Gasteiger partial charge in [0.2, 0.25) is 0 Å². The highest BCUT2D eigenvalue weighted by Crippen LogP contribution is 2.60. The third-order valence-corrected chi connectivity index (χ3v) is 7.78. The van der Waals surface area contributed by atoms with Crippen LogP contribution in [0, 0.1) is 23.2 Å². The Labute approximate surface area is 170 Å². The van der Waals surface area contributed by atoms with E-state index in [1.54, 1.807) is 5.57 Å². The van der Waals surface area contributed by atoms with Crippen LogP contribution < -0.4 is 0 Å². The van der Waals surface area contributed by atoms with E-state index in [0.29, 0.717) is 12.0 Å². The van der Waals surface area contributed by atoms with Gasteiger partial charge in [0.1, 0.15) is 0 Å². The van der Waals surface area contributed by atoms with Crippen LogP contribution in [-0.4, -0.2) is 18.5 Å². The zero-order valence-corrected chi connectivity index (χ0v) is 19.5. The minimum Gasteiger partial charge on any atom is -0.353 e. The van der Waals surface area contributed by atoms with Gasteiger partial charge in [0.05, 0.1) is 5.60 Å². The van der Waals surface area contributed by atoms with Crippen molar-refractivity contribution in [3.8, 4) is 0 Å². The van der Waals surface area contributed by atoms with Crippen LogP contribution in [0.15, 0.2) is 10.6 Å². The van der Waals surface area contributed by atoms with Gasteiger partial charge in [0, 0.05) is 6.61 Å². The summed E-state index contributed by atoms with van der Waals surface area (Å²) in [6, 6.07) is 0. The van der Waals surface area contributed by atoms with E-state index in [4.69, 9.17) is 9.47 Å². The topological polar surface area (TPSA) is 18.5 Å². The fourth-order valence-electron chi connectivity index (χ4n) is 5.97. The molecular formula is C23H41BrO2. The first-order valence-corrected chi connectivity index (χ1v) is 11.7. The number of allylic oxidation sites excluding steroid dienone is 1. The lowest BCUT2D eigenvalue weighted by atomic mass is 9.61. The number of ether oxygens (including phenoxy) is 2. The molecular weight excluding hydrogens is 388 g/mol. The number of hydrogen-bond donors (Lipinski definition) is 0. The van der Waals surface area contributed by atoms with Gasteiger partial charge in [0.25, 0.3) is 0 Å². The Morgan fingerprint density at radius 3 is 2.69 bits per heavy atom. The van der Waals surface area contributed by atoms with Crippen molar-refractivity contribution in [1.82, 2.24) is 0 Å². The lowest BCUT2D eigenvalue weighted by Gasteiger charge is -2.44. The summed E-state index contributed by atoms with van der Waals surface area (Å²) in [5, 5.41) is 0. The zero-order valence-electron chi connectivity index (χ0n) is 17.9. The van der Waals surface area contributed by atoms with E-state index in [2.05, 4.69) is 48.6 Å². The van der Waals surface area contributed by atoms with Crippen molar-refractivity contribution in [3.05, 3.63) is 10.6 Å². The summed E-state index contributed by atoms with van der Waals surface area (Å²) < 4.78 is 11.6. The van der Waals surface area contributed by atoms with Crippen molar-refractivity contribution < 1.29 is 9.47 Å². The summed E-state index contributed by atoms with van der Waals surface area (Å²) in [6.07, 6.45) is 10.4. The molecule has 0 bridgehead atoms. The zero-order chi connectivity index (χ0) is 19.4. The molecule has 2 rings (SSSR count). The molecule has 2 aliphatic rings. The molecule has 3 heteroatoms. The van der Waals surface area contributed by atoms with E-state index < -0.39 is 0 Å². The highest BCUT2D eigenvalue weighted by molar-refractivity contribution is 9.11. The molecule has 0 spiro atoms. The predicted molar refractivity (Wildman–Crippen MR) is 114 cm³/mol. The molecule has 152 valence electrons. The molecule has 0 aromatic heterocycles. The van der Waals surface area contributed by atoms with Gasteiger partial charge in [-0.25, -0.2) is 0 Å². The summed E-state index contributed by atoms with van der Waals surface area (Å²) in [6.45, 7) is 14.2. The monoisotopic (exact) mass is 428 g/mol. The minimum absolute atomic E-state index is 0.104. The average Bonchev–Trinajstić information content (AvgIpc) is 2.91. The molecule has 2 fully saturated rings. The Kier molecular flexibility index (Phi) is 8.25. The Morgan fingerprint density at radius 1 is 1.31 bits per heavy atom. The molecule has 2 aliphatic carbocycles. The summed E-state index contributed by atoms with van der Waals surface area (Å²) in [5.41, 5.74) is 2.09. The van der Waals surface area contributed by atoms with Gasteiger partial charge in [-0.05, 0) is 94.4 Å². The first-order valence-electron chi connectivity index (χ1n) is 10.8. The predicted octanol–water partition coefficient (Wildman–Crippen LogP) is 7.47. The van der Waals surface area contributed by atoms with E-state index in [1.807, 2.05) is 13.8 Å². The molecule has 0 heterocycles. The Hall–Kier alpha value is 0.140. The molecule has 2 saturated carbocycles. The van der Waals surface area contributed by atoms with Crippen LogP contribution >= 0.6 is 15.9 Å². The second-order valence-corrected chi connectivity index (χ2v) is 10.0. The first kappa shape index (κ1) is 22.4. The van der Waals surface area contributed by atoms with Crippen molar-refractivity contribution >= 4 is 15.9 Å². The SMILES string of the molecule is CCOC(C)OC(C)(C)CCC[C@@H](C)[C@H]1CC[C@@H]2/C(=C\Br)CCC[C@@]21C. The highest BCUT2D eigenvalue weighted by atomic mass is 79.9. The molecule has 1 unspecified atom stereocenters. The van der Waals surface area contributed by atoms with Crippen molar-refractivity contribution in [2.75, 3.05) is 6.61 Å². The van der Waals surface area contributed by atoms with Gasteiger partial charge in [0.15, 0.2) is 6.29 Å². The van der Waals surface area contributed by atoms with Crippen molar-refractivity contribution in [2.45, 2.75) is 105 Å². The van der Waals surface area contributed by atoms with E-state index >= 15 is 0 Å². The van der Waals surface area contributed by atoms with Crippen LogP contribution in [0.1, 0.15) is 92.9 Å². The van der Waals surface area contributed by atoms with Crippen LogP contribution in [0.25, 0.3) is 0 Å². The highest BCUT2D eigenvalue weighted by Gasteiger charge is 2.50. The molecule has 0 radical (unpaired) electrons. The molecule has 0 aliphatic heterocycles. The minimum atomic E-state index is -0.112. The Morgan fingerprint density at radius 2 is 2.04 bits per heavy atom. The van der Waals surface area contributed by atoms with E-state index in [0.717, 1.165) is 24.2 Å². The second-order valence-electron chi connectivity index (χ2n) is 9.55. The smallest absolute Gasteiger partial charge is 0.155 e. The van der Waals surface area contributed by atoms with Gasteiger partial charge in [-0.2, -0.15) is 0 Å². The molecule has 0 saturated heterocycles. The fourth-order valence-corrected chi connectivity index (χ4v) is 6.52. The Balaban J connectivity index is 1.85. The molecule has 2 nitrogen and oxygen atoms in total. The molecule has 0 amide bonds. The number of rotatable bonds is 9. The quantitative estimate of drug-likeness (QED) is 0.354. The van der Waals surface area contributed by atoms with Crippen molar-refractivity contribution in [2.24, 2.45) is 23.2 Å². The van der Waals surface area contributed by atoms with Crippen molar-refractivity contribution in [1.29, 1.82) is 0 Å². The third-order valence-electron chi connectivity index (χ3n) is 7.19. The lowest BCUT2D eigenvalue weighted by molar-refractivity contribution is -0.191. The van der Waals surface area contributed by atoms with Gasteiger partial charge >= 0.3 is 0 Å². The van der Waals surface area contributed by atoms with Gasteiger partial charge in [-0.3, -0.25) is 0 Å². The van der Waals surface area contributed by atoms with Crippen molar-refractivity contribution in [3.63, 3.8) is 0 Å². The van der Waals surface area contributed by atoms with Gasteiger partial charge in [-0.1, -0.05) is 48.2 Å². The lowest BCUT2D eigenvalue weighted by Crippen LogP contribution is -2.36. The maximum atomic E-state index is 6.08. The number of hydrogen-bond acceptors (Lipinski definition) is 2. The standard InChI is InChI=1S/C23H41BrO2/c1-7-25-18(3)26-22(4,5)14-8-10-17(2)20-12-13-21-19(16-24)11-9-15-23(20,21)6/h16-18,20-21H,7-15H2,1-6H3/b19-16-/t17-,18?,20-,21-,23-/m1/s1. The second kappa shape index (κ2) is 9.56. The summed E-state index contributed by atoms with van der Waals surface area (Å²) in [5.74, 6) is 2.50. The summed E-state index contributed by atoms with van der Waals surface area (Å²) >= 11 is 3.64. The van der Waals surface area contributed by atoms with E-state index in [1.165, 1.54) is 44.9 Å². The number of halogens is 1. The van der Waals surface area contributed by atoms with Crippen LogP contribution in [0.3, 0.4) is 0 Å².